The normalized spacial score (nSPS) is 11.4. The number of hydrogen-bond acceptors (Lipinski definition) is 9. The highest BCUT2D eigenvalue weighted by Crippen LogP contribution is 2.24. The van der Waals surface area contributed by atoms with Crippen LogP contribution in [0.15, 0.2) is 23.3 Å². The number of azide groups is 1. The number of aldehydes is 1. The van der Waals surface area contributed by atoms with E-state index in [0.29, 0.717) is 30.9 Å². The summed E-state index contributed by atoms with van der Waals surface area (Å²) in [5.41, 5.74) is 8.71. The van der Waals surface area contributed by atoms with E-state index in [1.54, 1.807) is 0 Å². The van der Waals surface area contributed by atoms with E-state index < -0.39 is 5.91 Å². The summed E-state index contributed by atoms with van der Waals surface area (Å²) in [5, 5.41) is 15.9. The molecule has 0 fully saturated rings. The van der Waals surface area contributed by atoms with Gasteiger partial charge in [-0.2, -0.15) is 12.6 Å². The van der Waals surface area contributed by atoms with Crippen LogP contribution in [-0.4, -0.2) is 47.2 Å². The Morgan fingerprint density at radius 3 is 2.77 bits per heavy atom. The number of phenols is 1. The van der Waals surface area contributed by atoms with Gasteiger partial charge in [0.1, 0.15) is 17.8 Å². The minimum Gasteiger partial charge on any atom is -0.507 e. The highest BCUT2D eigenvalue weighted by molar-refractivity contribution is 8.76. The number of benzene rings is 1. The molecule has 30 heavy (non-hydrogen) atoms. The average Bonchev–Trinajstić information content (AvgIpc) is 2.73. The average molecular weight is 472 g/mol. The smallest absolute Gasteiger partial charge is 0.255 e. The fraction of sp³-hybridized carbons (Fsp3) is 0.500. The minimum atomic E-state index is -0.408. The summed E-state index contributed by atoms with van der Waals surface area (Å²) < 4.78 is 2.95. The zero-order valence-electron chi connectivity index (χ0n) is 16.3. The number of aromatic hydroxyl groups is 1. The molecule has 0 aliphatic carbocycles. The lowest BCUT2D eigenvalue weighted by molar-refractivity contribution is -0.118. The fourth-order valence-electron chi connectivity index (χ4n) is 2.27. The van der Waals surface area contributed by atoms with Crippen molar-refractivity contribution in [2.24, 2.45) is 5.11 Å². The van der Waals surface area contributed by atoms with E-state index >= 15 is 0 Å². The van der Waals surface area contributed by atoms with Gasteiger partial charge < -0.3 is 15.2 Å². The Hall–Kier alpha value is -1.85. The third-order valence-corrected chi connectivity index (χ3v) is 6.31. The molecule has 0 aliphatic rings. The van der Waals surface area contributed by atoms with Crippen LogP contribution in [0, 0.1) is 0 Å². The lowest BCUT2D eigenvalue weighted by atomic mass is 10.1. The number of hydrogen-bond donors (Lipinski definition) is 4. The summed E-state index contributed by atoms with van der Waals surface area (Å²) in [6.07, 6.45) is 4.07. The van der Waals surface area contributed by atoms with Gasteiger partial charge in [0.05, 0.1) is 11.6 Å². The van der Waals surface area contributed by atoms with Crippen molar-refractivity contribution in [1.82, 2.24) is 10.0 Å². The predicted molar refractivity (Wildman–Crippen MR) is 124 cm³/mol. The molecule has 1 atom stereocenters. The molecule has 0 heterocycles. The third kappa shape index (κ3) is 10.8. The van der Waals surface area contributed by atoms with Crippen LogP contribution in [0.4, 0.5) is 5.69 Å². The zero-order valence-corrected chi connectivity index (χ0v) is 18.8. The molecule has 0 unspecified atom stereocenters. The molecule has 3 N–H and O–H groups in total. The van der Waals surface area contributed by atoms with E-state index in [1.807, 2.05) is 0 Å². The number of thiol groups is 1. The zero-order chi connectivity index (χ0) is 22.2. The van der Waals surface area contributed by atoms with Gasteiger partial charge in [0.2, 0.25) is 0 Å². The second-order valence-corrected chi connectivity index (χ2v) is 8.81. The molecular formula is C18H25N5O4S3. The second-order valence-electron chi connectivity index (χ2n) is 6.19. The van der Waals surface area contributed by atoms with Gasteiger partial charge in [0, 0.05) is 41.5 Å². The SMILES string of the molecule is [N-]=[N+]=Nc1ccc(C(=O)NCCCCCC(=O)CCSSN[C@H](C=O)CS)c(O)c1. The largest absolute Gasteiger partial charge is 0.507 e. The molecule has 1 rings (SSSR count). The van der Waals surface area contributed by atoms with Gasteiger partial charge in [-0.25, -0.2) is 4.72 Å². The van der Waals surface area contributed by atoms with Crippen molar-refractivity contribution in [3.05, 3.63) is 34.2 Å². The lowest BCUT2D eigenvalue weighted by Gasteiger charge is -2.08. The monoisotopic (exact) mass is 471 g/mol. The minimum absolute atomic E-state index is 0.112. The molecule has 0 saturated heterocycles. The van der Waals surface area contributed by atoms with Crippen LogP contribution in [0.3, 0.4) is 0 Å². The Kier molecular flexibility index (Phi) is 13.9. The second kappa shape index (κ2) is 15.9. The quantitative estimate of drug-likeness (QED) is 0.0417. The number of rotatable bonds is 16. The number of nitrogens with zero attached hydrogens (tertiary/aromatic N) is 3. The first-order chi connectivity index (χ1) is 14.5. The standard InChI is InChI=1S/C18H25N5O4S3/c19-23-21-13-5-6-16(17(26)10-13)18(27)20-8-3-1-2-4-15(25)7-9-29-30-22-14(11-24)12-28/h5-6,10-11,14,22,26,28H,1-4,7-9,12H2,(H,20,27)/t14-/m1/s1. The van der Waals surface area contributed by atoms with Crippen LogP contribution in [0.2, 0.25) is 0 Å². The van der Waals surface area contributed by atoms with Crippen LogP contribution < -0.4 is 10.0 Å². The highest BCUT2D eigenvalue weighted by atomic mass is 33.1. The van der Waals surface area contributed by atoms with E-state index in [-0.39, 0.29) is 28.8 Å². The van der Waals surface area contributed by atoms with Crippen molar-refractivity contribution in [3.8, 4) is 5.75 Å². The van der Waals surface area contributed by atoms with E-state index in [4.69, 9.17) is 5.53 Å². The summed E-state index contributed by atoms with van der Waals surface area (Å²) in [6, 6.07) is 3.79. The molecule has 0 radical (unpaired) electrons. The predicted octanol–water partition coefficient (Wildman–Crippen LogP) is 3.97. The Labute approximate surface area is 188 Å². The highest BCUT2D eigenvalue weighted by Gasteiger charge is 2.11. The van der Waals surface area contributed by atoms with Gasteiger partial charge in [0.25, 0.3) is 5.91 Å². The molecule has 0 aromatic heterocycles. The Morgan fingerprint density at radius 2 is 2.10 bits per heavy atom. The number of phenolic OH excluding ortho intramolecular Hbond substituents is 1. The fourth-order valence-corrected chi connectivity index (χ4v) is 4.37. The molecule has 9 nitrogen and oxygen atoms in total. The van der Waals surface area contributed by atoms with Crippen molar-refractivity contribution in [2.45, 2.75) is 38.1 Å². The first-order valence-corrected chi connectivity index (χ1v) is 12.2. The van der Waals surface area contributed by atoms with E-state index in [0.717, 1.165) is 25.5 Å². The van der Waals surface area contributed by atoms with Crippen LogP contribution >= 0.6 is 34.4 Å². The van der Waals surface area contributed by atoms with Crippen LogP contribution in [0.5, 0.6) is 5.75 Å². The molecule has 1 amide bonds. The maximum atomic E-state index is 12.1. The maximum Gasteiger partial charge on any atom is 0.255 e. The van der Waals surface area contributed by atoms with Gasteiger partial charge in [-0.1, -0.05) is 28.4 Å². The van der Waals surface area contributed by atoms with Crippen LogP contribution in [0.25, 0.3) is 10.4 Å². The summed E-state index contributed by atoms with van der Waals surface area (Å²) in [5.74, 6) is 0.641. The van der Waals surface area contributed by atoms with Gasteiger partial charge >= 0.3 is 0 Å². The Morgan fingerprint density at radius 1 is 1.30 bits per heavy atom. The molecule has 0 spiro atoms. The topological polar surface area (TPSA) is 144 Å². The van der Waals surface area contributed by atoms with Gasteiger partial charge in [-0.15, -0.1) is 0 Å². The number of ketones is 1. The molecule has 1 aromatic rings. The Balaban J connectivity index is 2.11. The molecule has 0 bridgehead atoms. The third-order valence-electron chi connectivity index (χ3n) is 3.89. The molecule has 0 aliphatic heterocycles. The maximum absolute atomic E-state index is 12.1. The van der Waals surface area contributed by atoms with E-state index in [9.17, 15) is 19.5 Å². The summed E-state index contributed by atoms with van der Waals surface area (Å²) in [4.78, 5) is 37.2. The molecule has 1 aromatic carbocycles. The molecule has 164 valence electrons. The van der Waals surface area contributed by atoms with E-state index in [2.05, 4.69) is 32.7 Å². The number of Topliss-reactive ketones (excluding diaryl/α,β-unsaturated/α-hetero) is 1. The molecular weight excluding hydrogens is 446 g/mol. The summed E-state index contributed by atoms with van der Waals surface area (Å²) >= 11 is 4.04. The van der Waals surface area contributed by atoms with Crippen molar-refractivity contribution < 1.29 is 19.5 Å². The summed E-state index contributed by atoms with van der Waals surface area (Å²) in [6.45, 7) is 0.436. The van der Waals surface area contributed by atoms with Crippen molar-refractivity contribution in [2.75, 3.05) is 18.1 Å². The van der Waals surface area contributed by atoms with Gasteiger partial charge in [0.15, 0.2) is 0 Å². The number of amides is 1. The Bertz CT molecular complexity index is 759. The van der Waals surface area contributed by atoms with Crippen LogP contribution in [0.1, 0.15) is 42.5 Å². The molecule has 0 saturated carbocycles. The van der Waals surface area contributed by atoms with Gasteiger partial charge in [-0.3, -0.25) is 9.59 Å². The first kappa shape index (κ1) is 26.2. The van der Waals surface area contributed by atoms with Crippen molar-refractivity contribution in [1.29, 1.82) is 0 Å². The van der Waals surface area contributed by atoms with Crippen LogP contribution in [-0.2, 0) is 9.59 Å². The lowest BCUT2D eigenvalue weighted by Crippen LogP contribution is -2.25. The van der Waals surface area contributed by atoms with Gasteiger partial charge in [-0.05, 0) is 41.5 Å². The number of carbonyl (C=O) groups excluding carboxylic acids is 3. The van der Waals surface area contributed by atoms with E-state index in [1.165, 1.54) is 40.0 Å². The van der Waals surface area contributed by atoms with Crippen molar-refractivity contribution >= 4 is 58.1 Å². The first-order valence-electron chi connectivity index (χ1n) is 9.30. The summed E-state index contributed by atoms with van der Waals surface area (Å²) in [7, 11) is 2.84. The van der Waals surface area contributed by atoms with Crippen molar-refractivity contribution in [3.63, 3.8) is 0 Å². The number of unbranched alkanes of at least 4 members (excludes halogenated alkanes) is 2. The molecule has 12 heteroatoms. The number of nitrogens with one attached hydrogen (secondary N) is 2. The number of carbonyl (C=O) groups is 3.